The summed E-state index contributed by atoms with van der Waals surface area (Å²) in [5.41, 5.74) is 0.466. The molecule has 0 saturated carbocycles. The zero-order valence-electron chi connectivity index (χ0n) is 8.59. The molecule has 1 radical (unpaired) electrons. The Morgan fingerprint density at radius 1 is 1.19 bits per heavy atom. The maximum absolute atomic E-state index is 12.0. The van der Waals surface area contributed by atoms with Crippen molar-refractivity contribution in [2.24, 2.45) is 0 Å². The predicted molar refractivity (Wildman–Crippen MR) is 53.0 cm³/mol. The molecule has 16 heavy (non-hydrogen) atoms. The largest absolute Gasteiger partial charge is 0.573 e. The molecular weight excluding hydrogens is 221 g/mol. The van der Waals surface area contributed by atoms with Crippen LogP contribution in [0.15, 0.2) is 24.3 Å². The van der Waals surface area contributed by atoms with E-state index in [0.29, 0.717) is 25.2 Å². The monoisotopic (exact) mass is 233 g/mol. The van der Waals surface area contributed by atoms with E-state index in [4.69, 9.17) is 4.74 Å². The Balaban J connectivity index is 2.68. The Labute approximate surface area is 92.0 Å². The van der Waals surface area contributed by atoms with Gasteiger partial charge in [-0.15, -0.1) is 13.2 Å². The van der Waals surface area contributed by atoms with Gasteiger partial charge in [-0.2, -0.15) is 0 Å². The quantitative estimate of drug-likeness (QED) is 0.728. The van der Waals surface area contributed by atoms with Crippen LogP contribution in [-0.2, 0) is 11.2 Å². The fourth-order valence-electron chi connectivity index (χ4n) is 1.22. The van der Waals surface area contributed by atoms with Crippen LogP contribution in [0.4, 0.5) is 13.2 Å². The highest BCUT2D eigenvalue weighted by Gasteiger charge is 2.31. The molecule has 0 spiro atoms. The number of hydrogen-bond donors (Lipinski definition) is 0. The number of para-hydroxylation sites is 1. The Kier molecular flexibility index (Phi) is 4.61. The van der Waals surface area contributed by atoms with Crippen molar-refractivity contribution in [3.05, 3.63) is 36.8 Å². The van der Waals surface area contributed by atoms with Gasteiger partial charge in [0.15, 0.2) is 0 Å². The van der Waals surface area contributed by atoms with Gasteiger partial charge in [0.1, 0.15) is 5.75 Å². The van der Waals surface area contributed by atoms with Crippen LogP contribution in [-0.4, -0.2) is 19.6 Å². The lowest BCUT2D eigenvalue weighted by molar-refractivity contribution is -0.274. The summed E-state index contributed by atoms with van der Waals surface area (Å²) in [6.07, 6.45) is -4.30. The number of halogens is 3. The van der Waals surface area contributed by atoms with Crippen molar-refractivity contribution >= 4 is 0 Å². The van der Waals surface area contributed by atoms with Gasteiger partial charge in [0.05, 0.1) is 6.61 Å². The molecule has 0 N–H and O–H groups in total. The molecule has 0 bridgehead atoms. The van der Waals surface area contributed by atoms with Gasteiger partial charge in [-0.05, 0) is 25.0 Å². The van der Waals surface area contributed by atoms with Crippen LogP contribution < -0.4 is 4.74 Å². The predicted octanol–water partition coefficient (Wildman–Crippen LogP) is 2.98. The van der Waals surface area contributed by atoms with Crippen LogP contribution in [0.3, 0.4) is 0 Å². The molecule has 0 aromatic heterocycles. The standard InChI is InChI=1S/C11H12F3O2/c1-2-15-8-7-9-5-3-4-6-10(9)16-11(12,13)14/h3-6H,1-2,7-8H2. The smallest absolute Gasteiger partial charge is 0.406 e. The van der Waals surface area contributed by atoms with Crippen LogP contribution in [0.5, 0.6) is 5.75 Å². The van der Waals surface area contributed by atoms with Crippen molar-refractivity contribution in [3.8, 4) is 5.75 Å². The van der Waals surface area contributed by atoms with Crippen LogP contribution in [0.25, 0.3) is 0 Å². The minimum Gasteiger partial charge on any atom is -0.406 e. The number of hydrogen-bond acceptors (Lipinski definition) is 2. The fourth-order valence-corrected chi connectivity index (χ4v) is 1.22. The van der Waals surface area contributed by atoms with E-state index in [-0.39, 0.29) is 5.75 Å². The molecule has 0 saturated heterocycles. The highest BCUT2D eigenvalue weighted by molar-refractivity contribution is 5.33. The lowest BCUT2D eigenvalue weighted by Gasteiger charge is -2.12. The highest BCUT2D eigenvalue weighted by Crippen LogP contribution is 2.26. The first-order chi connectivity index (χ1) is 7.53. The maximum atomic E-state index is 12.0. The molecule has 0 unspecified atom stereocenters. The first-order valence-corrected chi connectivity index (χ1v) is 4.73. The van der Waals surface area contributed by atoms with Gasteiger partial charge in [0.25, 0.3) is 0 Å². The number of benzene rings is 1. The van der Waals surface area contributed by atoms with Crippen molar-refractivity contribution in [1.29, 1.82) is 0 Å². The zero-order valence-corrected chi connectivity index (χ0v) is 8.59. The SMILES string of the molecule is [CH2]COCCc1ccccc1OC(F)(F)F. The molecule has 0 heterocycles. The number of alkyl halides is 3. The Bertz CT molecular complexity index is 323. The van der Waals surface area contributed by atoms with Gasteiger partial charge >= 0.3 is 6.36 Å². The molecule has 5 heteroatoms. The molecular formula is C11H12F3O2. The fraction of sp³-hybridized carbons (Fsp3) is 0.364. The summed E-state index contributed by atoms with van der Waals surface area (Å²) in [6, 6.07) is 6.01. The number of rotatable bonds is 5. The maximum Gasteiger partial charge on any atom is 0.573 e. The molecule has 0 aliphatic rings. The molecule has 89 valence electrons. The van der Waals surface area contributed by atoms with Gasteiger partial charge in [0, 0.05) is 6.61 Å². The van der Waals surface area contributed by atoms with Crippen LogP contribution in [0.1, 0.15) is 5.56 Å². The minimum absolute atomic E-state index is 0.178. The van der Waals surface area contributed by atoms with Gasteiger partial charge in [-0.1, -0.05) is 18.2 Å². The molecule has 0 fully saturated rings. The second-order valence-corrected chi connectivity index (χ2v) is 3.02. The second kappa shape index (κ2) is 5.75. The summed E-state index contributed by atoms with van der Waals surface area (Å²) in [5.74, 6) is -0.178. The Morgan fingerprint density at radius 2 is 1.88 bits per heavy atom. The average Bonchev–Trinajstić information content (AvgIpc) is 2.19. The zero-order chi connectivity index (χ0) is 12.0. The third-order valence-electron chi connectivity index (χ3n) is 1.86. The van der Waals surface area contributed by atoms with Crippen molar-refractivity contribution in [2.75, 3.05) is 13.2 Å². The molecule has 0 amide bonds. The summed E-state index contributed by atoms with van der Waals surface area (Å²) < 4.78 is 45.0. The lowest BCUT2D eigenvalue weighted by atomic mass is 10.1. The van der Waals surface area contributed by atoms with Crippen LogP contribution in [0.2, 0.25) is 0 Å². The van der Waals surface area contributed by atoms with Gasteiger partial charge in [0.2, 0.25) is 0 Å². The van der Waals surface area contributed by atoms with Crippen LogP contribution in [0, 0.1) is 6.92 Å². The van der Waals surface area contributed by atoms with Crippen molar-refractivity contribution in [2.45, 2.75) is 12.8 Å². The summed E-state index contributed by atoms with van der Waals surface area (Å²) in [5, 5.41) is 0. The Morgan fingerprint density at radius 3 is 2.50 bits per heavy atom. The highest BCUT2D eigenvalue weighted by atomic mass is 19.4. The van der Waals surface area contributed by atoms with Crippen LogP contribution >= 0.6 is 0 Å². The van der Waals surface area contributed by atoms with E-state index < -0.39 is 6.36 Å². The molecule has 0 atom stereocenters. The molecule has 2 nitrogen and oxygen atoms in total. The normalized spacial score (nSPS) is 11.5. The summed E-state index contributed by atoms with van der Waals surface area (Å²) in [6.45, 7) is 4.08. The van der Waals surface area contributed by atoms with Crippen molar-refractivity contribution < 1.29 is 22.6 Å². The molecule has 0 aliphatic heterocycles. The average molecular weight is 233 g/mol. The first-order valence-electron chi connectivity index (χ1n) is 4.73. The summed E-state index contributed by atoms with van der Waals surface area (Å²) in [7, 11) is 0. The minimum atomic E-state index is -4.66. The summed E-state index contributed by atoms with van der Waals surface area (Å²) in [4.78, 5) is 0. The molecule has 1 aromatic rings. The second-order valence-electron chi connectivity index (χ2n) is 3.02. The van der Waals surface area contributed by atoms with E-state index >= 15 is 0 Å². The van der Waals surface area contributed by atoms with Crippen molar-refractivity contribution in [3.63, 3.8) is 0 Å². The number of ether oxygens (including phenoxy) is 2. The lowest BCUT2D eigenvalue weighted by Crippen LogP contribution is -2.18. The third-order valence-corrected chi connectivity index (χ3v) is 1.86. The molecule has 1 rings (SSSR count). The third kappa shape index (κ3) is 4.53. The van der Waals surface area contributed by atoms with Gasteiger partial charge in [-0.3, -0.25) is 0 Å². The van der Waals surface area contributed by atoms with Gasteiger partial charge in [-0.25, -0.2) is 0 Å². The molecule has 0 aliphatic carbocycles. The van der Waals surface area contributed by atoms with Gasteiger partial charge < -0.3 is 9.47 Å². The van der Waals surface area contributed by atoms with E-state index in [0.717, 1.165) is 0 Å². The first kappa shape index (κ1) is 12.8. The van der Waals surface area contributed by atoms with E-state index in [9.17, 15) is 13.2 Å². The Hall–Kier alpha value is -1.23. The van der Waals surface area contributed by atoms with E-state index in [1.165, 1.54) is 12.1 Å². The van der Waals surface area contributed by atoms with E-state index in [2.05, 4.69) is 11.7 Å². The topological polar surface area (TPSA) is 18.5 Å². The van der Waals surface area contributed by atoms with E-state index in [1.54, 1.807) is 12.1 Å². The summed E-state index contributed by atoms with van der Waals surface area (Å²) >= 11 is 0. The molecule has 1 aromatic carbocycles. The van der Waals surface area contributed by atoms with E-state index in [1.807, 2.05) is 0 Å². The van der Waals surface area contributed by atoms with Crippen molar-refractivity contribution in [1.82, 2.24) is 0 Å².